The van der Waals surface area contributed by atoms with E-state index in [-0.39, 0.29) is 16.3 Å². The van der Waals surface area contributed by atoms with Crippen molar-refractivity contribution < 1.29 is 9.53 Å². The summed E-state index contributed by atoms with van der Waals surface area (Å²) < 4.78 is 5.02. The molecule has 0 saturated heterocycles. The first-order chi connectivity index (χ1) is 7.56. The van der Waals surface area contributed by atoms with Crippen LogP contribution in [0, 0.1) is 0 Å². The quantitative estimate of drug-likeness (QED) is 0.513. The molecule has 1 aromatic rings. The van der Waals surface area contributed by atoms with Crippen LogP contribution in [0.25, 0.3) is 0 Å². The van der Waals surface area contributed by atoms with E-state index in [0.717, 1.165) is 12.8 Å². The van der Waals surface area contributed by atoms with Crippen LogP contribution in [0.5, 0.6) is 0 Å². The Bertz CT molecular complexity index is 394. The van der Waals surface area contributed by atoms with Crippen molar-refractivity contribution in [1.29, 1.82) is 0 Å². The molecule has 0 amide bonds. The third-order valence-corrected chi connectivity index (χ3v) is 2.58. The summed E-state index contributed by atoms with van der Waals surface area (Å²) in [4.78, 5) is 11.6. The Morgan fingerprint density at radius 2 is 2.12 bits per heavy atom. The number of carbonyl (C=O) groups is 1. The monoisotopic (exact) mass is 261 g/mol. The molecule has 88 valence electrons. The van der Waals surface area contributed by atoms with Gasteiger partial charge in [-0.25, -0.2) is 4.79 Å². The van der Waals surface area contributed by atoms with Gasteiger partial charge in [0.25, 0.3) is 0 Å². The second-order valence-electron chi connectivity index (χ2n) is 3.34. The highest BCUT2D eigenvalue weighted by Crippen LogP contribution is 2.28. The lowest BCUT2D eigenvalue weighted by molar-refractivity contribution is 0.0501. The predicted molar refractivity (Wildman–Crippen MR) is 66.1 cm³/mol. The molecule has 0 spiro atoms. The van der Waals surface area contributed by atoms with Crippen molar-refractivity contribution in [2.45, 2.75) is 19.8 Å². The van der Waals surface area contributed by atoms with E-state index in [0.29, 0.717) is 11.6 Å². The number of nitrogen functional groups attached to an aromatic ring is 1. The fraction of sp³-hybridized carbons (Fsp3) is 0.364. The van der Waals surface area contributed by atoms with E-state index in [4.69, 9.17) is 33.7 Å². The Morgan fingerprint density at radius 1 is 1.44 bits per heavy atom. The summed E-state index contributed by atoms with van der Waals surface area (Å²) in [6.45, 7) is 2.39. The number of nitrogens with two attached hydrogens (primary N) is 1. The standard InChI is InChI=1S/C11H13Cl2NO2/c1-2-3-4-16-11(15)8-5-7(12)6-9(13)10(8)14/h5-6H,2-4,14H2,1H3. The summed E-state index contributed by atoms with van der Waals surface area (Å²) in [6, 6.07) is 2.94. The Balaban J connectivity index is 2.82. The van der Waals surface area contributed by atoms with E-state index >= 15 is 0 Å². The van der Waals surface area contributed by atoms with E-state index in [2.05, 4.69) is 0 Å². The lowest BCUT2D eigenvalue weighted by Crippen LogP contribution is -2.09. The highest BCUT2D eigenvalue weighted by molar-refractivity contribution is 6.37. The minimum Gasteiger partial charge on any atom is -0.462 e. The number of halogens is 2. The molecule has 0 bridgehead atoms. The fourth-order valence-electron chi connectivity index (χ4n) is 1.14. The Labute approximate surface area is 104 Å². The maximum absolute atomic E-state index is 11.6. The molecule has 1 aromatic carbocycles. The van der Waals surface area contributed by atoms with Gasteiger partial charge in [0.15, 0.2) is 0 Å². The van der Waals surface area contributed by atoms with Gasteiger partial charge < -0.3 is 10.5 Å². The smallest absolute Gasteiger partial charge is 0.340 e. The van der Waals surface area contributed by atoms with Crippen LogP contribution in [-0.2, 0) is 4.74 Å². The van der Waals surface area contributed by atoms with Crippen molar-refractivity contribution in [2.24, 2.45) is 0 Å². The molecule has 1 rings (SSSR count). The maximum Gasteiger partial charge on any atom is 0.340 e. The van der Waals surface area contributed by atoms with Gasteiger partial charge in [0.1, 0.15) is 0 Å². The van der Waals surface area contributed by atoms with Gasteiger partial charge in [-0.15, -0.1) is 0 Å². The Hall–Kier alpha value is -0.930. The second-order valence-corrected chi connectivity index (χ2v) is 4.18. The third-order valence-electron chi connectivity index (χ3n) is 2.05. The molecule has 0 atom stereocenters. The number of rotatable bonds is 4. The second kappa shape index (κ2) is 5.97. The molecule has 0 saturated carbocycles. The van der Waals surface area contributed by atoms with Crippen molar-refractivity contribution in [3.05, 3.63) is 27.7 Å². The predicted octanol–water partition coefficient (Wildman–Crippen LogP) is 3.53. The number of anilines is 1. The van der Waals surface area contributed by atoms with Gasteiger partial charge in [0.2, 0.25) is 0 Å². The van der Waals surface area contributed by atoms with Crippen molar-refractivity contribution in [1.82, 2.24) is 0 Å². The van der Waals surface area contributed by atoms with Crippen LogP contribution in [0.4, 0.5) is 5.69 Å². The highest BCUT2D eigenvalue weighted by Gasteiger charge is 2.14. The van der Waals surface area contributed by atoms with Crippen molar-refractivity contribution in [3.8, 4) is 0 Å². The van der Waals surface area contributed by atoms with E-state index in [1.165, 1.54) is 12.1 Å². The molecule has 3 nitrogen and oxygen atoms in total. The summed E-state index contributed by atoms with van der Waals surface area (Å²) in [6.07, 6.45) is 1.78. The largest absolute Gasteiger partial charge is 0.462 e. The number of carbonyl (C=O) groups excluding carboxylic acids is 1. The zero-order chi connectivity index (χ0) is 12.1. The van der Waals surface area contributed by atoms with E-state index in [1.807, 2.05) is 6.92 Å². The van der Waals surface area contributed by atoms with Gasteiger partial charge in [0.05, 0.1) is 22.9 Å². The van der Waals surface area contributed by atoms with Crippen LogP contribution in [0.15, 0.2) is 12.1 Å². The molecule has 2 N–H and O–H groups in total. The molecule has 0 fully saturated rings. The third kappa shape index (κ3) is 3.29. The molecule has 0 unspecified atom stereocenters. The van der Waals surface area contributed by atoms with Crippen LogP contribution >= 0.6 is 23.2 Å². The van der Waals surface area contributed by atoms with Crippen LogP contribution in [0.3, 0.4) is 0 Å². The number of hydrogen-bond acceptors (Lipinski definition) is 3. The van der Waals surface area contributed by atoms with Crippen molar-refractivity contribution in [2.75, 3.05) is 12.3 Å². The molecule has 0 aliphatic rings. The molecule has 0 radical (unpaired) electrons. The number of esters is 1. The molecule has 0 aliphatic carbocycles. The van der Waals surface area contributed by atoms with E-state index in [1.54, 1.807) is 0 Å². The summed E-state index contributed by atoms with van der Waals surface area (Å²) in [5, 5.41) is 0.622. The first-order valence-electron chi connectivity index (χ1n) is 4.98. The zero-order valence-corrected chi connectivity index (χ0v) is 10.4. The van der Waals surface area contributed by atoms with Gasteiger partial charge in [-0.2, -0.15) is 0 Å². The van der Waals surface area contributed by atoms with E-state index < -0.39 is 5.97 Å². The molecule has 0 aromatic heterocycles. The van der Waals surface area contributed by atoms with E-state index in [9.17, 15) is 4.79 Å². The maximum atomic E-state index is 11.6. The Kier molecular flexibility index (Phi) is 4.90. The topological polar surface area (TPSA) is 52.3 Å². The minimum atomic E-state index is -0.490. The molecule has 0 aliphatic heterocycles. The summed E-state index contributed by atoms with van der Waals surface area (Å²) in [7, 11) is 0. The van der Waals surface area contributed by atoms with Crippen molar-refractivity contribution >= 4 is 34.9 Å². The van der Waals surface area contributed by atoms with Crippen molar-refractivity contribution in [3.63, 3.8) is 0 Å². The summed E-state index contributed by atoms with van der Waals surface area (Å²) in [5.74, 6) is -0.490. The lowest BCUT2D eigenvalue weighted by atomic mass is 10.2. The van der Waals surface area contributed by atoms with Crippen LogP contribution < -0.4 is 5.73 Å². The van der Waals surface area contributed by atoms with Crippen LogP contribution in [0.2, 0.25) is 10.0 Å². The molecule has 0 heterocycles. The summed E-state index contributed by atoms with van der Waals surface area (Å²) >= 11 is 11.6. The summed E-state index contributed by atoms with van der Waals surface area (Å²) in [5.41, 5.74) is 6.08. The first kappa shape index (κ1) is 13.1. The number of ether oxygens (including phenoxy) is 1. The number of benzene rings is 1. The average molecular weight is 262 g/mol. The van der Waals surface area contributed by atoms with Gasteiger partial charge in [-0.05, 0) is 18.6 Å². The van der Waals surface area contributed by atoms with Crippen LogP contribution in [0.1, 0.15) is 30.1 Å². The molecular formula is C11H13Cl2NO2. The first-order valence-corrected chi connectivity index (χ1v) is 5.73. The number of hydrogen-bond donors (Lipinski definition) is 1. The highest BCUT2D eigenvalue weighted by atomic mass is 35.5. The minimum absolute atomic E-state index is 0.201. The fourth-order valence-corrected chi connectivity index (χ4v) is 1.63. The lowest BCUT2D eigenvalue weighted by Gasteiger charge is -2.08. The van der Waals surface area contributed by atoms with Gasteiger partial charge in [-0.1, -0.05) is 36.5 Å². The Morgan fingerprint density at radius 3 is 2.75 bits per heavy atom. The van der Waals surface area contributed by atoms with Gasteiger partial charge >= 0.3 is 5.97 Å². The average Bonchev–Trinajstić information content (AvgIpc) is 2.23. The normalized spacial score (nSPS) is 10.2. The molecular weight excluding hydrogens is 249 g/mol. The van der Waals surface area contributed by atoms with Crippen LogP contribution in [-0.4, -0.2) is 12.6 Å². The van der Waals surface area contributed by atoms with Gasteiger partial charge in [-0.3, -0.25) is 0 Å². The SMILES string of the molecule is CCCCOC(=O)c1cc(Cl)cc(Cl)c1N. The van der Waals surface area contributed by atoms with Gasteiger partial charge in [0, 0.05) is 5.02 Å². The zero-order valence-electron chi connectivity index (χ0n) is 8.93. The molecule has 5 heteroatoms. The molecule has 16 heavy (non-hydrogen) atoms. The number of unbranched alkanes of at least 4 members (excludes halogenated alkanes) is 1.